The maximum Gasteiger partial charge on any atom is 0.431 e. The first-order valence-electron chi connectivity index (χ1n) is 15.3. The maximum absolute atomic E-state index is 12.5. The van der Waals surface area contributed by atoms with Crippen molar-refractivity contribution in [2.24, 2.45) is 15.9 Å². The fraction of sp³-hybridized carbons (Fsp3) is 0.548. The zero-order chi connectivity index (χ0) is 33.0. The van der Waals surface area contributed by atoms with Crippen molar-refractivity contribution in [3.63, 3.8) is 0 Å². The third-order valence-corrected chi connectivity index (χ3v) is 6.43. The summed E-state index contributed by atoms with van der Waals surface area (Å²) in [7, 11) is 0. The van der Waals surface area contributed by atoms with Gasteiger partial charge in [0.1, 0.15) is 17.6 Å². The zero-order valence-corrected chi connectivity index (χ0v) is 29.6. The molecular weight excluding hydrogens is 698 g/mol. The third-order valence-electron chi connectivity index (χ3n) is 6.43. The number of nitrogens with zero attached hydrogens (tertiary/aromatic N) is 4. The van der Waals surface area contributed by atoms with Crippen LogP contribution in [0.3, 0.4) is 0 Å². The van der Waals surface area contributed by atoms with Crippen LogP contribution in [0.1, 0.15) is 67.8 Å². The molecule has 5 aliphatic rings. The van der Waals surface area contributed by atoms with E-state index in [-0.39, 0.29) is 37.3 Å². The lowest BCUT2D eigenvalue weighted by atomic mass is 9.88. The van der Waals surface area contributed by atoms with Crippen molar-refractivity contribution in [1.29, 1.82) is 0 Å². The molecule has 5 heterocycles. The predicted octanol–water partition coefficient (Wildman–Crippen LogP) is 5.98. The Hall–Kier alpha value is -3.14. The number of carbonyl (C=O) groups is 1. The number of hydrogen-bond donors (Lipinski definition) is 5. The van der Waals surface area contributed by atoms with Crippen LogP contribution in [-0.2, 0) is 4.79 Å². The number of amides is 1. The number of alkyl halides is 3. The number of carbonyl (C=O) groups excluding carboxylic acids is 1. The summed E-state index contributed by atoms with van der Waals surface area (Å²) in [5.41, 5.74) is 2.09. The van der Waals surface area contributed by atoms with Gasteiger partial charge in [0.2, 0.25) is 0 Å². The van der Waals surface area contributed by atoms with Crippen LogP contribution < -0.4 is 21.3 Å². The molecule has 5 N–H and O–H groups in total. The van der Waals surface area contributed by atoms with Crippen LogP contribution in [0.15, 0.2) is 64.8 Å². The quantitative estimate of drug-likeness (QED) is 0.188. The smallest absolute Gasteiger partial charge is 0.383 e. The molecule has 10 nitrogen and oxygen atoms in total. The molecule has 1 saturated carbocycles. The minimum Gasteiger partial charge on any atom is -0.383 e. The Kier molecular flexibility index (Phi) is 21.6. The van der Waals surface area contributed by atoms with Gasteiger partial charge in [-0.15, -0.1) is 30.6 Å². The first-order chi connectivity index (χ1) is 21.2. The second kappa shape index (κ2) is 23.2. The first-order valence-corrected chi connectivity index (χ1v) is 15.3. The number of H-pyrrole nitrogens is 1. The number of rotatable bonds is 2. The Bertz CT molecular complexity index is 1140. The van der Waals surface area contributed by atoms with Gasteiger partial charge in [-0.1, -0.05) is 60.0 Å². The fourth-order valence-corrected chi connectivity index (χ4v) is 4.03. The maximum atomic E-state index is 12.5. The van der Waals surface area contributed by atoms with E-state index in [1.807, 2.05) is 53.1 Å². The number of aromatic nitrogens is 2. The van der Waals surface area contributed by atoms with Crippen LogP contribution in [0.25, 0.3) is 5.70 Å². The number of hydrogen-bond acceptors (Lipinski definition) is 8. The molecule has 1 atom stereocenters. The van der Waals surface area contributed by atoms with E-state index in [9.17, 15) is 18.0 Å². The van der Waals surface area contributed by atoms with Gasteiger partial charge in [-0.25, -0.2) is 9.98 Å². The molecule has 2 fully saturated rings. The number of nitrogens with one attached hydrogen (secondary N) is 5. The van der Waals surface area contributed by atoms with Crippen LogP contribution in [0.2, 0.25) is 0 Å². The number of aromatic amines is 1. The molecule has 0 spiro atoms. The van der Waals surface area contributed by atoms with Crippen molar-refractivity contribution in [2.75, 3.05) is 32.7 Å². The summed E-state index contributed by atoms with van der Waals surface area (Å²) in [6.45, 7) is 17.4. The Morgan fingerprint density at radius 2 is 1.78 bits per heavy atom. The Morgan fingerprint density at radius 1 is 1.16 bits per heavy atom. The first kappa shape index (κ1) is 41.9. The molecule has 1 amide bonds. The lowest BCUT2D eigenvalue weighted by Crippen LogP contribution is -2.47. The SMILES string of the molecule is C1=CC2=C(c3cn[nH]c3)NC=NC2N1.C=CC.CC.CC.CC1CCC1.I.O=C(C1=CNCC(C(F)(F)F)=N1)N1CCNCC1.[HH]. The molecule has 0 radical (unpaired) electrons. The van der Waals surface area contributed by atoms with E-state index < -0.39 is 24.3 Å². The normalized spacial score (nSPS) is 19.0. The highest BCUT2D eigenvalue weighted by atomic mass is 127. The van der Waals surface area contributed by atoms with Gasteiger partial charge in [0.25, 0.3) is 5.91 Å². The minimum atomic E-state index is -4.50. The van der Waals surface area contributed by atoms with E-state index in [0.717, 1.165) is 22.8 Å². The fourth-order valence-electron chi connectivity index (χ4n) is 4.03. The van der Waals surface area contributed by atoms with E-state index >= 15 is 0 Å². The Morgan fingerprint density at radius 3 is 2.29 bits per heavy atom. The van der Waals surface area contributed by atoms with Crippen LogP contribution in [-0.4, -0.2) is 78.1 Å². The molecule has 6 rings (SSSR count). The summed E-state index contributed by atoms with van der Waals surface area (Å²) in [6, 6.07) is 0. The molecule has 1 saturated heterocycles. The van der Waals surface area contributed by atoms with E-state index in [4.69, 9.17) is 0 Å². The summed E-state index contributed by atoms with van der Waals surface area (Å²) in [4.78, 5) is 21.1. The van der Waals surface area contributed by atoms with Gasteiger partial charge < -0.3 is 26.2 Å². The van der Waals surface area contributed by atoms with Crippen molar-refractivity contribution in [1.82, 2.24) is 36.4 Å². The topological polar surface area (TPSA) is 122 Å². The highest BCUT2D eigenvalue weighted by Gasteiger charge is 2.37. The monoisotopic (exact) mass is 751 g/mol. The van der Waals surface area contributed by atoms with Gasteiger partial charge in [0.15, 0.2) is 0 Å². The van der Waals surface area contributed by atoms with Crippen LogP contribution >= 0.6 is 24.0 Å². The van der Waals surface area contributed by atoms with Gasteiger partial charge in [-0.3, -0.25) is 9.89 Å². The van der Waals surface area contributed by atoms with Gasteiger partial charge >= 0.3 is 6.18 Å². The zero-order valence-electron chi connectivity index (χ0n) is 27.3. The lowest BCUT2D eigenvalue weighted by molar-refractivity contribution is -0.127. The van der Waals surface area contributed by atoms with Crippen molar-refractivity contribution < 1.29 is 19.4 Å². The Labute approximate surface area is 284 Å². The number of allylic oxidation sites excluding steroid dienone is 1. The molecule has 1 unspecified atom stereocenters. The molecule has 14 heteroatoms. The standard InChI is InChI=1S/C10H13F3N4O.C9H9N5.C5H10.C3H6.2C2H6.HI.H2/c11-10(12,13)8-6-15-5-7(16-8)9(18)17-3-1-14-2-4-17;1-2-10-9-7(1)8(11-5-12-9)6-3-13-14-4-6;1-5-3-2-4-5;1-3-2;2*1-2;;/h5,14-15H,1-4,6H2;1-5,9-10H,(H,11,12)(H,13,14);5H,2-4H2,1H3;3H,1H2,2H3;2*1-2H3;2*1H. The van der Waals surface area contributed by atoms with E-state index in [1.54, 1.807) is 18.6 Å². The van der Waals surface area contributed by atoms with Gasteiger partial charge in [-0.05, 0) is 25.1 Å². The van der Waals surface area contributed by atoms with E-state index in [0.29, 0.717) is 26.2 Å². The number of fused-ring (bicyclic) bond motifs is 1. The van der Waals surface area contributed by atoms with E-state index in [1.165, 1.54) is 30.4 Å². The van der Waals surface area contributed by atoms with Crippen LogP contribution in [0.4, 0.5) is 13.2 Å². The van der Waals surface area contributed by atoms with Crippen molar-refractivity contribution in [2.45, 2.75) is 73.1 Å². The third kappa shape index (κ3) is 14.2. The summed E-state index contributed by atoms with van der Waals surface area (Å²) in [5, 5.41) is 18.5. The van der Waals surface area contributed by atoms with Crippen molar-refractivity contribution >= 4 is 47.6 Å². The number of halogens is 4. The molecule has 1 aliphatic carbocycles. The summed E-state index contributed by atoms with van der Waals surface area (Å²) in [5.74, 6) is 0.598. The molecule has 4 aliphatic heterocycles. The summed E-state index contributed by atoms with van der Waals surface area (Å²) < 4.78 is 37.5. The molecule has 45 heavy (non-hydrogen) atoms. The average molecular weight is 752 g/mol. The predicted molar refractivity (Wildman–Crippen MR) is 191 cm³/mol. The molecule has 1 aromatic heterocycles. The Balaban J connectivity index is 0. The molecule has 0 aromatic carbocycles. The van der Waals surface area contributed by atoms with Crippen molar-refractivity contribution in [3.05, 3.63) is 60.4 Å². The van der Waals surface area contributed by atoms with Crippen molar-refractivity contribution in [3.8, 4) is 0 Å². The van der Waals surface area contributed by atoms with Gasteiger partial charge in [-0.2, -0.15) is 18.3 Å². The highest BCUT2D eigenvalue weighted by Crippen LogP contribution is 2.25. The molecule has 1 aromatic rings. The summed E-state index contributed by atoms with van der Waals surface area (Å²) in [6.07, 6.45) is 12.3. The second-order valence-electron chi connectivity index (χ2n) is 9.60. The van der Waals surface area contributed by atoms with Gasteiger partial charge in [0, 0.05) is 51.1 Å². The molecule has 256 valence electrons. The van der Waals surface area contributed by atoms with Crippen LogP contribution in [0.5, 0.6) is 0 Å². The second-order valence-corrected chi connectivity index (χ2v) is 9.60. The minimum absolute atomic E-state index is 0. The van der Waals surface area contributed by atoms with Gasteiger partial charge in [0.05, 0.1) is 24.8 Å². The molecular formula is C31H53F3IN9O. The lowest BCUT2D eigenvalue weighted by Gasteiger charge is -2.28. The molecule has 0 bridgehead atoms. The van der Waals surface area contributed by atoms with Crippen LogP contribution in [0, 0.1) is 5.92 Å². The average Bonchev–Trinajstić information content (AvgIpc) is 3.76. The van der Waals surface area contributed by atoms with E-state index in [2.05, 4.69) is 55.0 Å². The highest BCUT2D eigenvalue weighted by molar-refractivity contribution is 14.0. The largest absolute Gasteiger partial charge is 0.431 e. The number of piperazine rings is 1. The summed E-state index contributed by atoms with van der Waals surface area (Å²) >= 11 is 0. The number of aliphatic imine (C=N–C) groups is 2.